The second-order valence-electron chi connectivity index (χ2n) is 5.45. The summed E-state index contributed by atoms with van der Waals surface area (Å²) in [6, 6.07) is 4.93. The van der Waals surface area contributed by atoms with Gasteiger partial charge in [0.15, 0.2) is 0 Å². The van der Waals surface area contributed by atoms with E-state index in [1.165, 1.54) is 6.19 Å². The number of nitrogens with zero attached hydrogens (tertiary/aromatic N) is 2. The molecule has 3 nitrogen and oxygen atoms in total. The molecule has 0 bridgehead atoms. The van der Waals surface area contributed by atoms with Gasteiger partial charge in [-0.05, 0) is 24.3 Å². The highest BCUT2D eigenvalue weighted by atomic mass is 19.4. The maximum absolute atomic E-state index is 13.0. The van der Waals surface area contributed by atoms with Crippen molar-refractivity contribution in [3.63, 3.8) is 0 Å². The van der Waals surface area contributed by atoms with Crippen molar-refractivity contribution in [1.82, 2.24) is 0 Å². The van der Waals surface area contributed by atoms with Crippen LogP contribution >= 0.6 is 0 Å². The third-order valence-corrected chi connectivity index (χ3v) is 3.90. The van der Waals surface area contributed by atoms with Crippen LogP contribution in [0, 0.1) is 16.9 Å². The molecule has 0 unspecified atom stereocenters. The number of hydrogen-bond acceptors (Lipinski definition) is 3. The molecule has 1 aliphatic carbocycles. The fourth-order valence-corrected chi connectivity index (χ4v) is 2.73. The van der Waals surface area contributed by atoms with Gasteiger partial charge in [0.1, 0.15) is 0 Å². The van der Waals surface area contributed by atoms with Gasteiger partial charge < -0.3 is 0 Å². The van der Waals surface area contributed by atoms with E-state index >= 15 is 0 Å². The molecular weight excluding hydrogens is 360 g/mol. The Morgan fingerprint density at radius 2 is 1.27 bits per heavy atom. The molecule has 0 amide bonds. The van der Waals surface area contributed by atoms with Gasteiger partial charge in [-0.15, -0.1) is 0 Å². The van der Waals surface area contributed by atoms with E-state index in [1.54, 1.807) is 0 Å². The molecule has 26 heavy (non-hydrogen) atoms. The Morgan fingerprint density at radius 1 is 0.769 bits per heavy atom. The van der Waals surface area contributed by atoms with Crippen molar-refractivity contribution in [3.8, 4) is 6.19 Å². The summed E-state index contributed by atoms with van der Waals surface area (Å²) in [7, 11) is 0. The van der Waals surface area contributed by atoms with Crippen LogP contribution in [0.2, 0.25) is 0 Å². The summed E-state index contributed by atoms with van der Waals surface area (Å²) < 4.78 is 77.7. The van der Waals surface area contributed by atoms with Crippen molar-refractivity contribution in [1.29, 1.82) is 10.7 Å². The fourth-order valence-electron chi connectivity index (χ4n) is 2.73. The topological polar surface area (TPSA) is 60.0 Å². The Kier molecular flexibility index (Phi) is 3.87. The second kappa shape index (κ2) is 5.69. The van der Waals surface area contributed by atoms with Crippen LogP contribution in [0.15, 0.2) is 41.4 Å². The molecule has 0 heterocycles. The van der Waals surface area contributed by atoms with E-state index in [0.717, 1.165) is 36.4 Å². The van der Waals surface area contributed by atoms with E-state index in [2.05, 4.69) is 4.99 Å². The first-order valence-electron chi connectivity index (χ1n) is 7.03. The molecular formula is C17H7F6N3. The first kappa shape index (κ1) is 17.7. The van der Waals surface area contributed by atoms with Gasteiger partial charge in [0, 0.05) is 22.3 Å². The molecule has 132 valence electrons. The molecule has 1 N–H and O–H groups in total. The highest BCUT2D eigenvalue weighted by molar-refractivity contribution is 6.31. The predicted molar refractivity (Wildman–Crippen MR) is 80.1 cm³/mol. The van der Waals surface area contributed by atoms with Crippen LogP contribution in [-0.4, -0.2) is 11.4 Å². The third-order valence-electron chi connectivity index (χ3n) is 3.90. The Morgan fingerprint density at radius 3 is 1.77 bits per heavy atom. The molecule has 2 aromatic rings. The lowest BCUT2D eigenvalue weighted by Crippen LogP contribution is -2.23. The quantitative estimate of drug-likeness (QED) is 0.451. The van der Waals surface area contributed by atoms with Crippen molar-refractivity contribution < 1.29 is 26.3 Å². The van der Waals surface area contributed by atoms with Gasteiger partial charge in [0.05, 0.1) is 22.6 Å². The molecule has 3 rings (SSSR count). The molecule has 0 aliphatic heterocycles. The van der Waals surface area contributed by atoms with Crippen LogP contribution in [-0.2, 0) is 12.4 Å². The van der Waals surface area contributed by atoms with Crippen LogP contribution in [0.5, 0.6) is 0 Å². The third kappa shape index (κ3) is 2.83. The molecule has 1 aliphatic rings. The minimum Gasteiger partial charge on any atom is -0.300 e. The zero-order valence-corrected chi connectivity index (χ0v) is 12.6. The Bertz CT molecular complexity index is 993. The van der Waals surface area contributed by atoms with Gasteiger partial charge in [-0.3, -0.25) is 5.41 Å². The number of nitrogens with one attached hydrogen (secondary N) is 1. The number of alkyl halides is 6. The van der Waals surface area contributed by atoms with Crippen LogP contribution in [0.4, 0.5) is 26.3 Å². The zero-order chi connectivity index (χ0) is 19.3. The van der Waals surface area contributed by atoms with Crippen molar-refractivity contribution in [3.05, 3.63) is 69.8 Å². The standard InChI is InChI=1S/C17H7F6N3/c18-16(19,20)8-2-4-11-12(5-8)14(25)10-3-1-9(17(21,22)23)6-13(10)15(11)26-7-24/h1-6,25H. The fraction of sp³-hybridized carbons (Fsp3) is 0.118. The van der Waals surface area contributed by atoms with Crippen LogP contribution in [0.25, 0.3) is 0 Å². The molecule has 0 radical (unpaired) electrons. The minimum atomic E-state index is -4.66. The second-order valence-corrected chi connectivity index (χ2v) is 5.45. The summed E-state index contributed by atoms with van der Waals surface area (Å²) in [5, 5.41) is 17.0. The number of aliphatic imine (C=N–C) groups is 1. The van der Waals surface area contributed by atoms with E-state index in [4.69, 9.17) is 10.7 Å². The van der Waals surface area contributed by atoms with E-state index in [1.807, 2.05) is 0 Å². The molecule has 0 aromatic heterocycles. The average molecular weight is 367 g/mol. The number of halogens is 6. The van der Waals surface area contributed by atoms with Gasteiger partial charge in [-0.1, -0.05) is 12.1 Å². The lowest BCUT2D eigenvalue weighted by molar-refractivity contribution is -0.138. The molecule has 9 heteroatoms. The number of hydrogen-bond donors (Lipinski definition) is 1. The molecule has 0 saturated carbocycles. The highest BCUT2D eigenvalue weighted by Crippen LogP contribution is 2.37. The summed E-state index contributed by atoms with van der Waals surface area (Å²) >= 11 is 0. The lowest BCUT2D eigenvalue weighted by Gasteiger charge is -2.23. The first-order chi connectivity index (χ1) is 12.0. The maximum atomic E-state index is 13.0. The van der Waals surface area contributed by atoms with Crippen molar-refractivity contribution >= 4 is 11.4 Å². The minimum absolute atomic E-state index is 0.00336. The Labute approximate surface area is 142 Å². The van der Waals surface area contributed by atoms with Crippen molar-refractivity contribution in [2.75, 3.05) is 0 Å². The van der Waals surface area contributed by atoms with Crippen LogP contribution in [0.1, 0.15) is 33.4 Å². The number of fused-ring (bicyclic) bond motifs is 2. The molecule has 0 fully saturated rings. The summed E-state index contributed by atoms with van der Waals surface area (Å²) in [4.78, 5) is 3.49. The summed E-state index contributed by atoms with van der Waals surface area (Å²) in [6.07, 6.45) is -7.86. The largest absolute Gasteiger partial charge is 0.416 e. The number of rotatable bonds is 0. The van der Waals surface area contributed by atoms with Gasteiger partial charge in [-0.25, -0.2) is 0 Å². The monoisotopic (exact) mass is 367 g/mol. The maximum Gasteiger partial charge on any atom is 0.416 e. The summed E-state index contributed by atoms with van der Waals surface area (Å²) in [5.74, 6) is 0. The van der Waals surface area contributed by atoms with E-state index in [0.29, 0.717) is 0 Å². The molecule has 0 atom stereocenters. The summed E-state index contributed by atoms with van der Waals surface area (Å²) in [5.41, 5.74) is -2.90. The Balaban J connectivity index is 2.28. The van der Waals surface area contributed by atoms with Crippen molar-refractivity contribution in [2.24, 2.45) is 4.99 Å². The van der Waals surface area contributed by atoms with Crippen molar-refractivity contribution in [2.45, 2.75) is 12.4 Å². The normalized spacial score (nSPS) is 15.4. The summed E-state index contributed by atoms with van der Waals surface area (Å²) in [6.45, 7) is 0. The molecule has 0 saturated heterocycles. The number of nitriles is 1. The molecule has 0 spiro atoms. The van der Waals surface area contributed by atoms with Gasteiger partial charge in [0.25, 0.3) is 0 Å². The van der Waals surface area contributed by atoms with Gasteiger partial charge in [0.2, 0.25) is 6.19 Å². The zero-order valence-electron chi connectivity index (χ0n) is 12.6. The Hall–Kier alpha value is -3.15. The lowest BCUT2D eigenvalue weighted by atomic mass is 9.81. The van der Waals surface area contributed by atoms with E-state index in [-0.39, 0.29) is 33.7 Å². The smallest absolute Gasteiger partial charge is 0.300 e. The molecule has 2 aromatic carbocycles. The van der Waals surface area contributed by atoms with Gasteiger partial charge >= 0.3 is 12.4 Å². The van der Waals surface area contributed by atoms with Crippen LogP contribution < -0.4 is 0 Å². The average Bonchev–Trinajstić information content (AvgIpc) is 2.56. The predicted octanol–water partition coefficient (Wildman–Crippen LogP) is 4.77. The van der Waals surface area contributed by atoms with E-state index in [9.17, 15) is 26.3 Å². The first-order valence-corrected chi connectivity index (χ1v) is 7.03. The SMILES string of the molecule is N#CN=C1c2ccc(C(F)(F)F)cc2C(=N)c2ccc(C(F)(F)F)cc21. The number of benzene rings is 2. The van der Waals surface area contributed by atoms with Gasteiger partial charge in [-0.2, -0.15) is 36.6 Å². The van der Waals surface area contributed by atoms with Crippen LogP contribution in [0.3, 0.4) is 0 Å². The highest BCUT2D eigenvalue weighted by Gasteiger charge is 2.36. The van der Waals surface area contributed by atoms with E-state index < -0.39 is 23.5 Å².